The third-order valence-corrected chi connectivity index (χ3v) is 5.13. The molecule has 0 saturated carbocycles. The Labute approximate surface area is 160 Å². The summed E-state index contributed by atoms with van der Waals surface area (Å²) in [5, 5.41) is 0.877. The van der Waals surface area contributed by atoms with Crippen LogP contribution in [0.15, 0.2) is 48.5 Å². The number of hydrogen-bond donors (Lipinski definition) is 1. The van der Waals surface area contributed by atoms with E-state index in [1.165, 1.54) is 18.5 Å². The molecule has 1 unspecified atom stereocenters. The van der Waals surface area contributed by atoms with E-state index in [0.29, 0.717) is 13.2 Å². The van der Waals surface area contributed by atoms with E-state index in [2.05, 4.69) is 24.0 Å². The first-order chi connectivity index (χ1) is 12.7. The molecule has 140 valence electrons. The van der Waals surface area contributed by atoms with Gasteiger partial charge in [0.15, 0.2) is 11.5 Å². The Hall–Kier alpha value is -1.91. The first kappa shape index (κ1) is 18.9. The molecule has 2 N–H and O–H groups in total. The maximum Gasteiger partial charge on any atom is 0.161 e. The van der Waals surface area contributed by atoms with Gasteiger partial charge in [0.1, 0.15) is 12.7 Å². The van der Waals surface area contributed by atoms with Gasteiger partial charge in [-0.2, -0.15) is 0 Å². The number of hydrogen-bond acceptors (Lipinski definition) is 4. The highest BCUT2D eigenvalue weighted by atomic mass is 35.5. The SMILES string of the molecule is CC1CCN(c2ccccc2Cl)CC1.NCC1COc2ccccc2O1. The molecule has 4 nitrogen and oxygen atoms in total. The lowest BCUT2D eigenvalue weighted by Gasteiger charge is -2.32. The Bertz CT molecular complexity index is 702. The average Bonchev–Trinajstić information content (AvgIpc) is 2.69. The molecule has 2 aromatic rings. The van der Waals surface area contributed by atoms with Crippen LogP contribution in [0.1, 0.15) is 19.8 Å². The molecule has 5 heteroatoms. The Morgan fingerprint density at radius 1 is 1.04 bits per heavy atom. The van der Waals surface area contributed by atoms with Crippen molar-refractivity contribution in [1.82, 2.24) is 0 Å². The summed E-state index contributed by atoms with van der Waals surface area (Å²) in [5.41, 5.74) is 6.65. The number of halogens is 1. The van der Waals surface area contributed by atoms with Gasteiger partial charge in [-0.3, -0.25) is 0 Å². The van der Waals surface area contributed by atoms with E-state index in [4.69, 9.17) is 26.8 Å². The number of nitrogens with two attached hydrogens (primary N) is 1. The second-order valence-electron chi connectivity index (χ2n) is 6.85. The van der Waals surface area contributed by atoms with Crippen molar-refractivity contribution >= 4 is 17.3 Å². The third-order valence-electron chi connectivity index (χ3n) is 4.81. The fourth-order valence-corrected chi connectivity index (χ4v) is 3.39. The topological polar surface area (TPSA) is 47.7 Å². The molecule has 1 fully saturated rings. The first-order valence-corrected chi connectivity index (χ1v) is 9.63. The minimum Gasteiger partial charge on any atom is -0.486 e. The fraction of sp³-hybridized carbons (Fsp3) is 0.429. The van der Waals surface area contributed by atoms with Crippen molar-refractivity contribution in [2.75, 3.05) is 31.1 Å². The molecule has 2 aliphatic rings. The molecule has 2 aromatic carbocycles. The van der Waals surface area contributed by atoms with Crippen molar-refractivity contribution in [1.29, 1.82) is 0 Å². The van der Waals surface area contributed by atoms with E-state index in [1.54, 1.807) is 0 Å². The van der Waals surface area contributed by atoms with Crippen LogP contribution in [0.4, 0.5) is 5.69 Å². The number of piperidine rings is 1. The van der Waals surface area contributed by atoms with Crippen LogP contribution < -0.4 is 20.1 Å². The maximum atomic E-state index is 6.15. The first-order valence-electron chi connectivity index (χ1n) is 9.25. The lowest BCUT2D eigenvalue weighted by molar-refractivity contribution is 0.0969. The number of ether oxygens (including phenoxy) is 2. The number of benzene rings is 2. The molecule has 2 aliphatic heterocycles. The Morgan fingerprint density at radius 3 is 2.38 bits per heavy atom. The fourth-order valence-electron chi connectivity index (χ4n) is 3.14. The van der Waals surface area contributed by atoms with Gasteiger partial charge in [-0.15, -0.1) is 0 Å². The predicted molar refractivity (Wildman–Crippen MR) is 107 cm³/mol. The van der Waals surface area contributed by atoms with E-state index in [9.17, 15) is 0 Å². The van der Waals surface area contributed by atoms with Crippen molar-refractivity contribution in [2.45, 2.75) is 25.9 Å². The smallest absolute Gasteiger partial charge is 0.161 e. The van der Waals surface area contributed by atoms with E-state index in [1.807, 2.05) is 36.4 Å². The molecule has 0 amide bonds. The van der Waals surface area contributed by atoms with Gasteiger partial charge in [0.25, 0.3) is 0 Å². The number of fused-ring (bicyclic) bond motifs is 1. The highest BCUT2D eigenvalue weighted by Gasteiger charge is 2.18. The Morgan fingerprint density at radius 2 is 1.69 bits per heavy atom. The van der Waals surface area contributed by atoms with Crippen LogP contribution in [-0.4, -0.2) is 32.3 Å². The Balaban J connectivity index is 0.000000152. The summed E-state index contributed by atoms with van der Waals surface area (Å²) < 4.78 is 11.0. The monoisotopic (exact) mass is 374 g/mol. The average molecular weight is 375 g/mol. The molecule has 1 saturated heterocycles. The highest BCUT2D eigenvalue weighted by Crippen LogP contribution is 2.30. The standard InChI is InChI=1S/C12H16ClN.C9H11NO2/c1-10-6-8-14(9-7-10)12-5-3-2-4-11(12)13;10-5-7-6-11-8-3-1-2-4-9(8)12-7/h2-5,10H,6-9H2,1H3;1-4,7H,5-6,10H2. The van der Waals surface area contributed by atoms with Crippen LogP contribution in [0, 0.1) is 5.92 Å². The van der Waals surface area contributed by atoms with Gasteiger partial charge in [-0.1, -0.05) is 42.8 Å². The normalized spacial score (nSPS) is 19.5. The van der Waals surface area contributed by atoms with Gasteiger partial charge < -0.3 is 20.1 Å². The quantitative estimate of drug-likeness (QED) is 0.848. The molecule has 0 aromatic heterocycles. The molecular weight excluding hydrogens is 348 g/mol. The summed E-state index contributed by atoms with van der Waals surface area (Å²) in [4.78, 5) is 2.39. The minimum atomic E-state index is -0.0000926. The molecular formula is C21H27ClN2O2. The molecule has 1 atom stereocenters. The number of para-hydroxylation sites is 3. The number of rotatable bonds is 2. The van der Waals surface area contributed by atoms with Crippen molar-refractivity contribution < 1.29 is 9.47 Å². The van der Waals surface area contributed by atoms with E-state index >= 15 is 0 Å². The van der Waals surface area contributed by atoms with Crippen molar-refractivity contribution in [2.24, 2.45) is 11.7 Å². The van der Waals surface area contributed by atoms with Gasteiger partial charge in [0, 0.05) is 19.6 Å². The van der Waals surface area contributed by atoms with Crippen LogP contribution in [0.2, 0.25) is 5.02 Å². The summed E-state index contributed by atoms with van der Waals surface area (Å²) in [6, 6.07) is 15.7. The second kappa shape index (κ2) is 9.15. The van der Waals surface area contributed by atoms with E-state index in [0.717, 1.165) is 35.5 Å². The van der Waals surface area contributed by atoms with Gasteiger partial charge in [-0.25, -0.2) is 0 Å². The number of nitrogens with zero attached hydrogens (tertiary/aromatic N) is 1. The molecule has 0 spiro atoms. The summed E-state index contributed by atoms with van der Waals surface area (Å²) in [6.45, 7) is 5.65. The zero-order chi connectivity index (χ0) is 18.4. The molecule has 2 heterocycles. The summed E-state index contributed by atoms with van der Waals surface area (Å²) in [5.74, 6) is 2.47. The van der Waals surface area contributed by atoms with Gasteiger partial charge >= 0.3 is 0 Å². The largest absolute Gasteiger partial charge is 0.486 e. The van der Waals surface area contributed by atoms with Crippen molar-refractivity contribution in [3.05, 3.63) is 53.6 Å². The highest BCUT2D eigenvalue weighted by molar-refractivity contribution is 6.33. The molecule has 4 rings (SSSR count). The zero-order valence-electron chi connectivity index (χ0n) is 15.2. The summed E-state index contributed by atoms with van der Waals surface area (Å²) in [7, 11) is 0. The maximum absolute atomic E-state index is 6.15. The molecule has 26 heavy (non-hydrogen) atoms. The second-order valence-corrected chi connectivity index (χ2v) is 7.26. The summed E-state index contributed by atoms with van der Waals surface area (Å²) >= 11 is 6.15. The van der Waals surface area contributed by atoms with Gasteiger partial charge in [0.05, 0.1) is 10.7 Å². The van der Waals surface area contributed by atoms with Crippen LogP contribution in [0.3, 0.4) is 0 Å². The van der Waals surface area contributed by atoms with Gasteiger partial charge in [-0.05, 0) is 43.0 Å². The lowest BCUT2D eigenvalue weighted by Crippen LogP contribution is -2.35. The van der Waals surface area contributed by atoms with Crippen molar-refractivity contribution in [3.8, 4) is 11.5 Å². The summed E-state index contributed by atoms with van der Waals surface area (Å²) in [6.07, 6.45) is 2.57. The number of anilines is 1. The zero-order valence-corrected chi connectivity index (χ0v) is 16.0. The van der Waals surface area contributed by atoms with E-state index in [-0.39, 0.29) is 6.10 Å². The third kappa shape index (κ3) is 4.83. The molecule has 0 aliphatic carbocycles. The van der Waals surface area contributed by atoms with Gasteiger partial charge in [0.2, 0.25) is 0 Å². The van der Waals surface area contributed by atoms with Crippen LogP contribution in [0.25, 0.3) is 0 Å². The molecule has 0 radical (unpaired) electrons. The van der Waals surface area contributed by atoms with Crippen LogP contribution >= 0.6 is 11.6 Å². The van der Waals surface area contributed by atoms with E-state index < -0.39 is 0 Å². The predicted octanol–water partition coefficient (Wildman–Crippen LogP) is 4.36. The van der Waals surface area contributed by atoms with Crippen LogP contribution in [0.5, 0.6) is 11.5 Å². The minimum absolute atomic E-state index is 0.0000926. The Kier molecular flexibility index (Phi) is 6.64. The lowest BCUT2D eigenvalue weighted by atomic mass is 9.99. The molecule has 0 bridgehead atoms. The van der Waals surface area contributed by atoms with Crippen LogP contribution in [-0.2, 0) is 0 Å². The van der Waals surface area contributed by atoms with Crippen molar-refractivity contribution in [3.63, 3.8) is 0 Å².